The van der Waals surface area contributed by atoms with Crippen LogP contribution in [0.3, 0.4) is 0 Å². The Morgan fingerprint density at radius 1 is 1.33 bits per heavy atom. The van der Waals surface area contributed by atoms with E-state index in [4.69, 9.17) is 17.4 Å². The summed E-state index contributed by atoms with van der Waals surface area (Å²) in [5.74, 6) is 6.64. The lowest BCUT2D eigenvalue weighted by Gasteiger charge is -2.17. The molecule has 1 atom stereocenters. The van der Waals surface area contributed by atoms with E-state index in [1.807, 2.05) is 41.8 Å². The lowest BCUT2D eigenvalue weighted by Crippen LogP contribution is -2.14. The predicted octanol–water partition coefficient (Wildman–Crippen LogP) is 2.84. The van der Waals surface area contributed by atoms with Crippen molar-refractivity contribution in [2.75, 3.05) is 10.7 Å². The van der Waals surface area contributed by atoms with Gasteiger partial charge < -0.3 is 15.1 Å². The number of hydrogen-bond donors (Lipinski definition) is 3. The zero-order valence-electron chi connectivity index (χ0n) is 11.4. The number of rotatable bonds is 4. The lowest BCUT2D eigenvalue weighted by atomic mass is 10.1. The highest BCUT2D eigenvalue weighted by Gasteiger charge is 2.13. The first kappa shape index (κ1) is 13.7. The minimum atomic E-state index is -0.0141. The number of benzene rings is 1. The number of hydrogen-bond acceptors (Lipinski definition) is 5. The predicted molar refractivity (Wildman–Crippen MR) is 84.3 cm³/mol. The molecule has 0 spiro atoms. The third kappa shape index (κ3) is 2.63. The fourth-order valence-corrected chi connectivity index (χ4v) is 2.51. The Labute approximate surface area is 126 Å². The maximum Gasteiger partial charge on any atom is 0.180 e. The van der Waals surface area contributed by atoms with Crippen LogP contribution in [0.25, 0.3) is 5.65 Å². The first-order chi connectivity index (χ1) is 10.2. The van der Waals surface area contributed by atoms with Crippen LogP contribution >= 0.6 is 11.6 Å². The van der Waals surface area contributed by atoms with E-state index in [-0.39, 0.29) is 6.04 Å². The largest absolute Gasteiger partial charge is 0.360 e. The molecule has 0 bridgehead atoms. The summed E-state index contributed by atoms with van der Waals surface area (Å²) in [4.78, 5) is 8.71. The second-order valence-corrected chi connectivity index (χ2v) is 5.07. The molecule has 3 aromatic rings. The molecule has 7 heteroatoms. The molecule has 1 unspecified atom stereocenters. The summed E-state index contributed by atoms with van der Waals surface area (Å²) in [6.07, 6.45) is 5.32. The van der Waals surface area contributed by atoms with Crippen molar-refractivity contribution >= 4 is 28.9 Å². The number of nitrogens with two attached hydrogens (primary N) is 1. The first-order valence-electron chi connectivity index (χ1n) is 6.50. The van der Waals surface area contributed by atoms with Gasteiger partial charge in [-0.2, -0.15) is 0 Å². The summed E-state index contributed by atoms with van der Waals surface area (Å²) < 4.78 is 1.85. The van der Waals surface area contributed by atoms with Gasteiger partial charge in [-0.3, -0.25) is 0 Å². The van der Waals surface area contributed by atoms with E-state index >= 15 is 0 Å². The smallest absolute Gasteiger partial charge is 0.180 e. The van der Waals surface area contributed by atoms with Crippen molar-refractivity contribution in [1.29, 1.82) is 0 Å². The molecular weight excluding hydrogens is 288 g/mol. The quantitative estimate of drug-likeness (QED) is 0.510. The number of imidazole rings is 1. The van der Waals surface area contributed by atoms with Crippen LogP contribution in [0, 0.1) is 0 Å². The number of nitrogen functional groups attached to an aromatic ring is 1. The fourth-order valence-electron chi connectivity index (χ4n) is 2.21. The Balaban J connectivity index is 1.97. The number of aromatic nitrogens is 3. The number of anilines is 2. The molecule has 21 heavy (non-hydrogen) atoms. The van der Waals surface area contributed by atoms with Crippen LogP contribution in [0.4, 0.5) is 11.6 Å². The molecule has 0 radical (unpaired) electrons. The van der Waals surface area contributed by atoms with Crippen LogP contribution in [0.5, 0.6) is 0 Å². The average molecular weight is 303 g/mol. The van der Waals surface area contributed by atoms with E-state index in [0.717, 1.165) is 11.2 Å². The minimum Gasteiger partial charge on any atom is -0.360 e. The fraction of sp³-hybridized carbons (Fsp3) is 0.143. The molecule has 108 valence electrons. The van der Waals surface area contributed by atoms with Crippen LogP contribution in [0.2, 0.25) is 5.02 Å². The van der Waals surface area contributed by atoms with Crippen molar-refractivity contribution in [3.8, 4) is 0 Å². The van der Waals surface area contributed by atoms with Crippen LogP contribution < -0.4 is 16.6 Å². The molecule has 2 heterocycles. The number of hydrazine groups is 1. The Bertz CT molecular complexity index is 769. The molecule has 0 saturated heterocycles. The SMILES string of the molecule is CC(Nc1nc(NN)cn2ccnc12)c1ccccc1Cl. The van der Waals surface area contributed by atoms with Gasteiger partial charge in [0.2, 0.25) is 0 Å². The molecule has 0 aliphatic rings. The Hall–Kier alpha value is -2.31. The van der Waals surface area contributed by atoms with Crippen LogP contribution in [0.15, 0.2) is 42.9 Å². The monoisotopic (exact) mass is 302 g/mol. The third-order valence-corrected chi connectivity index (χ3v) is 3.59. The summed E-state index contributed by atoms with van der Waals surface area (Å²) in [5, 5.41) is 4.04. The summed E-state index contributed by atoms with van der Waals surface area (Å²) in [6, 6.07) is 7.69. The van der Waals surface area contributed by atoms with Crippen molar-refractivity contribution < 1.29 is 0 Å². The molecule has 1 aromatic carbocycles. The van der Waals surface area contributed by atoms with Gasteiger partial charge in [0.25, 0.3) is 0 Å². The highest BCUT2D eigenvalue weighted by molar-refractivity contribution is 6.31. The van der Waals surface area contributed by atoms with Gasteiger partial charge >= 0.3 is 0 Å². The highest BCUT2D eigenvalue weighted by Crippen LogP contribution is 2.26. The van der Waals surface area contributed by atoms with Gasteiger partial charge in [0.15, 0.2) is 17.3 Å². The highest BCUT2D eigenvalue weighted by atomic mass is 35.5. The Morgan fingerprint density at radius 2 is 2.14 bits per heavy atom. The molecule has 4 N–H and O–H groups in total. The summed E-state index contributed by atoms with van der Waals surface area (Å²) >= 11 is 6.23. The number of fused-ring (bicyclic) bond motifs is 1. The molecule has 6 nitrogen and oxygen atoms in total. The molecule has 3 rings (SSSR count). The number of halogens is 1. The van der Waals surface area contributed by atoms with E-state index in [0.29, 0.717) is 16.7 Å². The van der Waals surface area contributed by atoms with Gasteiger partial charge in [0.1, 0.15) is 0 Å². The topological polar surface area (TPSA) is 80.3 Å². The molecule has 0 fully saturated rings. The number of nitrogens with zero attached hydrogens (tertiary/aromatic N) is 3. The molecule has 2 aromatic heterocycles. The molecular formula is C14H15ClN6. The second-order valence-electron chi connectivity index (χ2n) is 4.66. The van der Waals surface area contributed by atoms with Crippen molar-refractivity contribution in [2.24, 2.45) is 5.84 Å². The van der Waals surface area contributed by atoms with E-state index in [2.05, 4.69) is 20.7 Å². The van der Waals surface area contributed by atoms with Crippen molar-refractivity contribution in [3.63, 3.8) is 0 Å². The van der Waals surface area contributed by atoms with Gasteiger partial charge in [-0.25, -0.2) is 15.8 Å². The Morgan fingerprint density at radius 3 is 2.90 bits per heavy atom. The zero-order valence-corrected chi connectivity index (χ0v) is 12.2. The minimum absolute atomic E-state index is 0.0141. The molecule has 0 aliphatic heterocycles. The normalized spacial score (nSPS) is 12.3. The zero-order chi connectivity index (χ0) is 14.8. The van der Waals surface area contributed by atoms with E-state index in [1.54, 1.807) is 12.4 Å². The Kier molecular flexibility index (Phi) is 3.64. The van der Waals surface area contributed by atoms with E-state index in [1.165, 1.54) is 0 Å². The van der Waals surface area contributed by atoms with Crippen LogP contribution in [0.1, 0.15) is 18.5 Å². The molecule has 0 aliphatic carbocycles. The second kappa shape index (κ2) is 5.59. The van der Waals surface area contributed by atoms with Crippen LogP contribution in [-0.2, 0) is 0 Å². The third-order valence-electron chi connectivity index (χ3n) is 3.25. The average Bonchev–Trinajstić information content (AvgIpc) is 2.96. The maximum atomic E-state index is 6.23. The van der Waals surface area contributed by atoms with Gasteiger partial charge in [-0.1, -0.05) is 29.8 Å². The summed E-state index contributed by atoms with van der Waals surface area (Å²) in [5.41, 5.74) is 4.27. The van der Waals surface area contributed by atoms with Crippen molar-refractivity contribution in [1.82, 2.24) is 14.4 Å². The van der Waals surface area contributed by atoms with Gasteiger partial charge in [-0.15, -0.1) is 0 Å². The van der Waals surface area contributed by atoms with Gasteiger partial charge in [-0.05, 0) is 18.6 Å². The standard InChI is InChI=1S/C14H15ClN6/c1-9(10-4-2-3-5-11(10)15)18-13-14-17-6-7-21(14)8-12(19-13)20-16/h2-9,20H,16H2,1H3,(H,18,19). The number of nitrogens with one attached hydrogen (secondary N) is 2. The molecule has 0 saturated carbocycles. The maximum absolute atomic E-state index is 6.23. The van der Waals surface area contributed by atoms with E-state index < -0.39 is 0 Å². The van der Waals surface area contributed by atoms with Crippen molar-refractivity contribution in [2.45, 2.75) is 13.0 Å². The van der Waals surface area contributed by atoms with Gasteiger partial charge in [0, 0.05) is 17.4 Å². The van der Waals surface area contributed by atoms with Crippen LogP contribution in [-0.4, -0.2) is 14.4 Å². The lowest BCUT2D eigenvalue weighted by molar-refractivity contribution is 0.873. The molecule has 0 amide bonds. The van der Waals surface area contributed by atoms with E-state index in [9.17, 15) is 0 Å². The van der Waals surface area contributed by atoms with Gasteiger partial charge in [0.05, 0.1) is 12.2 Å². The first-order valence-corrected chi connectivity index (χ1v) is 6.88. The van der Waals surface area contributed by atoms with Crippen molar-refractivity contribution in [3.05, 3.63) is 53.4 Å². The summed E-state index contributed by atoms with van der Waals surface area (Å²) in [7, 11) is 0. The summed E-state index contributed by atoms with van der Waals surface area (Å²) in [6.45, 7) is 2.02.